The molecule has 0 radical (unpaired) electrons. The lowest BCUT2D eigenvalue weighted by atomic mass is 10.2. The molecule has 1 aliphatic rings. The van der Waals surface area contributed by atoms with Crippen molar-refractivity contribution in [3.8, 4) is 0 Å². The first-order valence-electron chi connectivity index (χ1n) is 8.75. The van der Waals surface area contributed by atoms with Crippen LogP contribution >= 0.6 is 0 Å². The molecule has 2 aromatic heterocycles. The van der Waals surface area contributed by atoms with E-state index in [1.165, 1.54) is 0 Å². The molecule has 0 atom stereocenters. The van der Waals surface area contributed by atoms with Crippen LogP contribution < -0.4 is 5.32 Å². The maximum absolute atomic E-state index is 12.7. The van der Waals surface area contributed by atoms with Crippen molar-refractivity contribution >= 4 is 11.6 Å². The van der Waals surface area contributed by atoms with Crippen LogP contribution in [-0.4, -0.2) is 59.6 Å². The third-order valence-electron chi connectivity index (χ3n) is 4.43. The summed E-state index contributed by atoms with van der Waals surface area (Å²) in [4.78, 5) is 19.6. The molecule has 130 valence electrons. The summed E-state index contributed by atoms with van der Waals surface area (Å²) in [7, 11) is 0. The van der Waals surface area contributed by atoms with Crippen LogP contribution in [0.25, 0.3) is 5.65 Å². The van der Waals surface area contributed by atoms with Crippen LogP contribution in [0.4, 0.5) is 0 Å². The standard InChI is InChI=1S/C18H26N4O2/c1-3-15-17(22-13-14(2)5-6-16(22)20-15)18(23)19-7-4-8-21-9-11-24-12-10-21/h5-6,13H,3-4,7-12H2,1-2H3,(H,19,23). The minimum atomic E-state index is -0.0353. The first kappa shape index (κ1) is 16.9. The smallest absolute Gasteiger partial charge is 0.270 e. The maximum Gasteiger partial charge on any atom is 0.270 e. The zero-order valence-corrected chi connectivity index (χ0v) is 14.5. The largest absolute Gasteiger partial charge is 0.379 e. The first-order chi connectivity index (χ1) is 11.7. The number of imidazole rings is 1. The van der Waals surface area contributed by atoms with Crippen LogP contribution in [-0.2, 0) is 11.2 Å². The van der Waals surface area contributed by atoms with Gasteiger partial charge in [-0.1, -0.05) is 13.0 Å². The highest BCUT2D eigenvalue weighted by Gasteiger charge is 2.18. The number of hydrogen-bond donors (Lipinski definition) is 1. The Hall–Kier alpha value is -1.92. The van der Waals surface area contributed by atoms with Crippen LogP contribution in [0.2, 0.25) is 0 Å². The van der Waals surface area contributed by atoms with Gasteiger partial charge >= 0.3 is 0 Å². The third-order valence-corrected chi connectivity index (χ3v) is 4.43. The quantitative estimate of drug-likeness (QED) is 0.819. The fraction of sp³-hybridized carbons (Fsp3) is 0.556. The number of morpholine rings is 1. The van der Waals surface area contributed by atoms with Gasteiger partial charge in [-0.25, -0.2) is 4.98 Å². The minimum Gasteiger partial charge on any atom is -0.379 e. The van der Waals surface area contributed by atoms with Gasteiger partial charge in [0.2, 0.25) is 0 Å². The Kier molecular flexibility index (Phi) is 5.48. The summed E-state index contributed by atoms with van der Waals surface area (Å²) in [5, 5.41) is 3.05. The van der Waals surface area contributed by atoms with Gasteiger partial charge in [0.25, 0.3) is 5.91 Å². The molecule has 3 rings (SSSR count). The molecule has 6 heteroatoms. The Balaban J connectivity index is 1.61. The third kappa shape index (κ3) is 3.76. The Morgan fingerprint density at radius 1 is 1.33 bits per heavy atom. The fourth-order valence-corrected chi connectivity index (χ4v) is 3.10. The number of nitrogens with zero attached hydrogens (tertiary/aromatic N) is 3. The van der Waals surface area contributed by atoms with Crippen molar-refractivity contribution in [2.45, 2.75) is 26.7 Å². The van der Waals surface area contributed by atoms with Gasteiger partial charge in [0.05, 0.1) is 18.9 Å². The normalized spacial score (nSPS) is 15.8. The van der Waals surface area contributed by atoms with E-state index < -0.39 is 0 Å². The number of aromatic nitrogens is 2. The second kappa shape index (κ2) is 7.77. The molecular formula is C18H26N4O2. The highest BCUT2D eigenvalue weighted by Crippen LogP contribution is 2.15. The number of carbonyl (C=O) groups is 1. The molecule has 6 nitrogen and oxygen atoms in total. The van der Waals surface area contributed by atoms with Crippen molar-refractivity contribution in [1.29, 1.82) is 0 Å². The molecular weight excluding hydrogens is 304 g/mol. The second-order valence-corrected chi connectivity index (χ2v) is 6.26. The van der Waals surface area contributed by atoms with Crippen LogP contribution in [0.5, 0.6) is 0 Å². The van der Waals surface area contributed by atoms with Crippen molar-refractivity contribution in [3.05, 3.63) is 35.3 Å². The van der Waals surface area contributed by atoms with E-state index in [9.17, 15) is 4.79 Å². The topological polar surface area (TPSA) is 58.9 Å². The minimum absolute atomic E-state index is 0.0353. The summed E-state index contributed by atoms with van der Waals surface area (Å²) in [5.74, 6) is -0.0353. The lowest BCUT2D eigenvalue weighted by Gasteiger charge is -2.26. The molecule has 3 heterocycles. The van der Waals surface area contributed by atoms with Crippen LogP contribution in [0.3, 0.4) is 0 Å². The number of pyridine rings is 1. The average molecular weight is 330 g/mol. The van der Waals surface area contributed by atoms with Gasteiger partial charge in [-0.3, -0.25) is 14.1 Å². The zero-order chi connectivity index (χ0) is 16.9. The van der Waals surface area contributed by atoms with Crippen molar-refractivity contribution in [3.63, 3.8) is 0 Å². The molecule has 0 aliphatic carbocycles. The number of ether oxygens (including phenoxy) is 1. The molecule has 1 fully saturated rings. The van der Waals surface area contributed by atoms with Crippen molar-refractivity contribution in [1.82, 2.24) is 19.6 Å². The van der Waals surface area contributed by atoms with E-state index in [2.05, 4.69) is 15.2 Å². The summed E-state index contributed by atoms with van der Waals surface area (Å²) in [6.45, 7) is 9.33. The molecule has 1 aliphatic heterocycles. The molecule has 0 saturated carbocycles. The SMILES string of the molecule is CCc1nc2ccc(C)cn2c1C(=O)NCCCN1CCOCC1. The molecule has 1 saturated heterocycles. The Bertz CT molecular complexity index is 704. The van der Waals surface area contributed by atoms with E-state index in [1.54, 1.807) is 0 Å². The summed E-state index contributed by atoms with van der Waals surface area (Å²) in [6, 6.07) is 3.98. The second-order valence-electron chi connectivity index (χ2n) is 6.26. The van der Waals surface area contributed by atoms with E-state index in [0.717, 1.165) is 62.6 Å². The Labute approximate surface area is 142 Å². The summed E-state index contributed by atoms with van der Waals surface area (Å²) in [6.07, 6.45) is 3.67. The highest BCUT2D eigenvalue weighted by atomic mass is 16.5. The number of fused-ring (bicyclic) bond motifs is 1. The van der Waals surface area contributed by atoms with E-state index in [-0.39, 0.29) is 5.91 Å². The molecule has 0 spiro atoms. The van der Waals surface area contributed by atoms with Crippen LogP contribution in [0.1, 0.15) is 35.1 Å². The molecule has 1 N–H and O–H groups in total. The van der Waals surface area contributed by atoms with E-state index in [1.807, 2.05) is 36.6 Å². The number of carbonyl (C=O) groups excluding carboxylic acids is 1. The van der Waals surface area contributed by atoms with Gasteiger partial charge in [0.15, 0.2) is 0 Å². The molecule has 0 aromatic carbocycles. The van der Waals surface area contributed by atoms with Gasteiger partial charge in [0, 0.05) is 25.8 Å². The zero-order valence-electron chi connectivity index (χ0n) is 14.5. The van der Waals surface area contributed by atoms with Gasteiger partial charge in [-0.05, 0) is 37.9 Å². The van der Waals surface area contributed by atoms with Crippen molar-refractivity contribution in [2.75, 3.05) is 39.4 Å². The molecule has 0 unspecified atom stereocenters. The number of nitrogens with one attached hydrogen (secondary N) is 1. The molecule has 1 amide bonds. The number of rotatable bonds is 6. The lowest BCUT2D eigenvalue weighted by molar-refractivity contribution is 0.0374. The number of aryl methyl sites for hydroxylation is 2. The average Bonchev–Trinajstić information content (AvgIpc) is 2.97. The van der Waals surface area contributed by atoms with Gasteiger partial charge in [0.1, 0.15) is 11.3 Å². The summed E-state index contributed by atoms with van der Waals surface area (Å²) >= 11 is 0. The Morgan fingerprint density at radius 3 is 2.88 bits per heavy atom. The molecule has 2 aromatic rings. The molecule has 24 heavy (non-hydrogen) atoms. The Morgan fingerprint density at radius 2 is 2.12 bits per heavy atom. The van der Waals surface area contributed by atoms with Crippen LogP contribution in [0, 0.1) is 6.92 Å². The highest BCUT2D eigenvalue weighted by molar-refractivity contribution is 5.94. The van der Waals surface area contributed by atoms with Crippen molar-refractivity contribution < 1.29 is 9.53 Å². The first-order valence-corrected chi connectivity index (χ1v) is 8.75. The predicted octanol–water partition coefficient (Wildman–Crippen LogP) is 1.66. The molecule has 0 bridgehead atoms. The maximum atomic E-state index is 12.7. The predicted molar refractivity (Wildman–Crippen MR) is 93.5 cm³/mol. The van der Waals surface area contributed by atoms with Gasteiger partial charge < -0.3 is 10.1 Å². The lowest BCUT2D eigenvalue weighted by Crippen LogP contribution is -2.38. The van der Waals surface area contributed by atoms with E-state index >= 15 is 0 Å². The van der Waals surface area contributed by atoms with Crippen LogP contribution in [0.15, 0.2) is 18.3 Å². The number of hydrogen-bond acceptors (Lipinski definition) is 4. The number of amides is 1. The monoisotopic (exact) mass is 330 g/mol. The fourth-order valence-electron chi connectivity index (χ4n) is 3.10. The van der Waals surface area contributed by atoms with Crippen molar-refractivity contribution in [2.24, 2.45) is 0 Å². The van der Waals surface area contributed by atoms with E-state index in [4.69, 9.17) is 4.74 Å². The van der Waals surface area contributed by atoms with E-state index in [0.29, 0.717) is 12.2 Å². The summed E-state index contributed by atoms with van der Waals surface area (Å²) in [5.41, 5.74) is 3.47. The van der Waals surface area contributed by atoms with Gasteiger partial charge in [-0.2, -0.15) is 0 Å². The van der Waals surface area contributed by atoms with Gasteiger partial charge in [-0.15, -0.1) is 0 Å². The summed E-state index contributed by atoms with van der Waals surface area (Å²) < 4.78 is 7.26.